The smallest absolute Gasteiger partial charge is 0.144 e. The Balaban J connectivity index is 1.90. The fourth-order valence-electron chi connectivity index (χ4n) is 2.09. The second kappa shape index (κ2) is 7.00. The van der Waals surface area contributed by atoms with Crippen LogP contribution in [-0.4, -0.2) is 5.78 Å². The summed E-state index contributed by atoms with van der Waals surface area (Å²) in [6.07, 6.45) is 1.51. The van der Waals surface area contributed by atoms with Gasteiger partial charge in [-0.05, 0) is 35.9 Å². The standard InChI is InChI=1S/C16H16ClFOS/c1-11(10-13-5-3-9-20-13)15(19)8-7-12-4-2-6-14(17)16(12)18/h2-6,9,11H,7-8,10H2,1H3/t11-/m0/s1. The van der Waals surface area contributed by atoms with E-state index in [4.69, 9.17) is 11.6 Å². The van der Waals surface area contributed by atoms with E-state index in [1.165, 1.54) is 10.9 Å². The highest BCUT2D eigenvalue weighted by Gasteiger charge is 2.15. The summed E-state index contributed by atoms with van der Waals surface area (Å²) in [5.41, 5.74) is 0.508. The van der Waals surface area contributed by atoms with Crippen molar-refractivity contribution in [2.24, 2.45) is 5.92 Å². The summed E-state index contributed by atoms with van der Waals surface area (Å²) in [6, 6.07) is 8.92. The van der Waals surface area contributed by atoms with Crippen LogP contribution in [0.5, 0.6) is 0 Å². The number of aryl methyl sites for hydroxylation is 1. The van der Waals surface area contributed by atoms with E-state index in [1.54, 1.807) is 23.5 Å². The molecule has 0 radical (unpaired) electrons. The van der Waals surface area contributed by atoms with Crippen molar-refractivity contribution < 1.29 is 9.18 Å². The van der Waals surface area contributed by atoms with Gasteiger partial charge in [0.05, 0.1) is 5.02 Å². The van der Waals surface area contributed by atoms with Crippen LogP contribution in [0.1, 0.15) is 23.8 Å². The number of halogens is 2. The van der Waals surface area contributed by atoms with Crippen LogP contribution < -0.4 is 0 Å². The molecular formula is C16H16ClFOS. The van der Waals surface area contributed by atoms with Gasteiger partial charge < -0.3 is 0 Å². The quantitative estimate of drug-likeness (QED) is 0.740. The molecule has 1 aromatic carbocycles. The van der Waals surface area contributed by atoms with Crippen molar-refractivity contribution in [2.45, 2.75) is 26.2 Å². The van der Waals surface area contributed by atoms with E-state index in [0.29, 0.717) is 18.4 Å². The lowest BCUT2D eigenvalue weighted by atomic mass is 9.96. The summed E-state index contributed by atoms with van der Waals surface area (Å²) in [7, 11) is 0. The number of ketones is 1. The summed E-state index contributed by atoms with van der Waals surface area (Å²) < 4.78 is 13.7. The fraction of sp³-hybridized carbons (Fsp3) is 0.312. The number of benzene rings is 1. The molecule has 0 fully saturated rings. The molecule has 1 heterocycles. The number of carbonyl (C=O) groups excluding carboxylic acids is 1. The van der Waals surface area contributed by atoms with Gasteiger partial charge in [-0.3, -0.25) is 4.79 Å². The highest BCUT2D eigenvalue weighted by molar-refractivity contribution is 7.09. The largest absolute Gasteiger partial charge is 0.299 e. The molecule has 0 spiro atoms. The van der Waals surface area contributed by atoms with Gasteiger partial charge in [-0.15, -0.1) is 11.3 Å². The van der Waals surface area contributed by atoms with E-state index in [0.717, 1.165) is 6.42 Å². The first-order valence-electron chi connectivity index (χ1n) is 6.56. The van der Waals surface area contributed by atoms with Gasteiger partial charge in [0.15, 0.2) is 0 Å². The normalized spacial score (nSPS) is 12.3. The van der Waals surface area contributed by atoms with Crippen molar-refractivity contribution in [3.8, 4) is 0 Å². The zero-order valence-corrected chi connectivity index (χ0v) is 12.8. The number of thiophene rings is 1. The number of rotatable bonds is 6. The summed E-state index contributed by atoms with van der Waals surface area (Å²) in [6.45, 7) is 1.93. The third-order valence-electron chi connectivity index (χ3n) is 3.31. The Labute approximate surface area is 127 Å². The SMILES string of the molecule is C[C@@H](Cc1cccs1)C(=O)CCc1cccc(Cl)c1F. The molecular weight excluding hydrogens is 295 g/mol. The summed E-state index contributed by atoms with van der Waals surface area (Å²) >= 11 is 7.39. The maximum Gasteiger partial charge on any atom is 0.144 e. The molecule has 106 valence electrons. The first kappa shape index (κ1) is 15.2. The zero-order valence-electron chi connectivity index (χ0n) is 11.2. The minimum Gasteiger partial charge on any atom is -0.299 e. The summed E-state index contributed by atoms with van der Waals surface area (Å²) in [5, 5.41) is 2.12. The van der Waals surface area contributed by atoms with Crippen LogP contribution in [-0.2, 0) is 17.6 Å². The Morgan fingerprint density at radius 2 is 2.15 bits per heavy atom. The molecule has 20 heavy (non-hydrogen) atoms. The topological polar surface area (TPSA) is 17.1 Å². The highest BCUT2D eigenvalue weighted by atomic mass is 35.5. The molecule has 0 aliphatic rings. The number of hydrogen-bond acceptors (Lipinski definition) is 2. The minimum atomic E-state index is -0.409. The molecule has 1 aromatic heterocycles. The Morgan fingerprint density at radius 3 is 2.85 bits per heavy atom. The molecule has 2 aromatic rings. The third-order valence-corrected chi connectivity index (χ3v) is 4.50. The van der Waals surface area contributed by atoms with Crippen molar-refractivity contribution >= 4 is 28.7 Å². The zero-order chi connectivity index (χ0) is 14.5. The summed E-state index contributed by atoms with van der Waals surface area (Å²) in [4.78, 5) is 13.3. The molecule has 0 N–H and O–H groups in total. The second-order valence-electron chi connectivity index (χ2n) is 4.86. The average Bonchev–Trinajstić information content (AvgIpc) is 2.93. The van der Waals surface area contributed by atoms with Crippen LogP contribution in [0.3, 0.4) is 0 Å². The van der Waals surface area contributed by atoms with Gasteiger partial charge in [-0.2, -0.15) is 0 Å². The van der Waals surface area contributed by atoms with E-state index < -0.39 is 5.82 Å². The first-order valence-corrected chi connectivity index (χ1v) is 7.81. The van der Waals surface area contributed by atoms with E-state index in [-0.39, 0.29) is 16.7 Å². The number of Topliss-reactive ketones (excluding diaryl/α,β-unsaturated/α-hetero) is 1. The van der Waals surface area contributed by atoms with Gasteiger partial charge in [0.2, 0.25) is 0 Å². The Bertz CT molecular complexity index is 580. The number of carbonyl (C=O) groups is 1. The lowest BCUT2D eigenvalue weighted by molar-refractivity contribution is -0.122. The van der Waals surface area contributed by atoms with Crippen molar-refractivity contribution in [1.29, 1.82) is 0 Å². The van der Waals surface area contributed by atoms with Crippen molar-refractivity contribution in [3.63, 3.8) is 0 Å². The van der Waals surface area contributed by atoms with Crippen molar-refractivity contribution in [2.75, 3.05) is 0 Å². The summed E-state index contributed by atoms with van der Waals surface area (Å²) in [5.74, 6) is -0.276. The number of hydrogen-bond donors (Lipinski definition) is 0. The molecule has 0 saturated carbocycles. The molecule has 2 rings (SSSR count). The Hall–Kier alpha value is -1.19. The van der Waals surface area contributed by atoms with Gasteiger partial charge in [-0.1, -0.05) is 36.7 Å². The predicted molar refractivity (Wildman–Crippen MR) is 81.9 cm³/mol. The lowest BCUT2D eigenvalue weighted by Crippen LogP contribution is -2.14. The third kappa shape index (κ3) is 3.90. The second-order valence-corrected chi connectivity index (χ2v) is 6.30. The fourth-order valence-corrected chi connectivity index (χ4v) is 3.12. The van der Waals surface area contributed by atoms with Crippen LogP contribution in [0.15, 0.2) is 35.7 Å². The molecule has 0 aliphatic carbocycles. The predicted octanol–water partition coefficient (Wildman–Crippen LogP) is 4.92. The Morgan fingerprint density at radius 1 is 1.35 bits per heavy atom. The minimum absolute atomic E-state index is 0.0316. The molecule has 0 saturated heterocycles. The molecule has 4 heteroatoms. The maximum absolute atomic E-state index is 13.7. The van der Waals surface area contributed by atoms with Gasteiger partial charge in [-0.25, -0.2) is 4.39 Å². The molecule has 1 nitrogen and oxygen atoms in total. The highest BCUT2D eigenvalue weighted by Crippen LogP contribution is 2.21. The van der Waals surface area contributed by atoms with Crippen LogP contribution in [0.25, 0.3) is 0 Å². The van der Waals surface area contributed by atoms with E-state index in [9.17, 15) is 9.18 Å². The average molecular weight is 311 g/mol. The molecule has 0 bridgehead atoms. The van der Waals surface area contributed by atoms with E-state index in [2.05, 4.69) is 0 Å². The molecule has 1 atom stereocenters. The maximum atomic E-state index is 13.7. The first-order chi connectivity index (χ1) is 9.58. The monoisotopic (exact) mass is 310 g/mol. The lowest BCUT2D eigenvalue weighted by Gasteiger charge is -2.10. The van der Waals surface area contributed by atoms with Gasteiger partial charge in [0.25, 0.3) is 0 Å². The van der Waals surface area contributed by atoms with Crippen LogP contribution >= 0.6 is 22.9 Å². The van der Waals surface area contributed by atoms with Crippen molar-refractivity contribution in [3.05, 3.63) is 57.0 Å². The van der Waals surface area contributed by atoms with E-state index in [1.807, 2.05) is 24.4 Å². The van der Waals surface area contributed by atoms with Crippen LogP contribution in [0.2, 0.25) is 5.02 Å². The van der Waals surface area contributed by atoms with Gasteiger partial charge in [0, 0.05) is 17.2 Å². The molecule has 0 unspecified atom stereocenters. The van der Waals surface area contributed by atoms with Gasteiger partial charge >= 0.3 is 0 Å². The van der Waals surface area contributed by atoms with Gasteiger partial charge in [0.1, 0.15) is 11.6 Å². The van der Waals surface area contributed by atoms with Crippen LogP contribution in [0.4, 0.5) is 4.39 Å². The molecule has 0 amide bonds. The van der Waals surface area contributed by atoms with Crippen LogP contribution in [0, 0.1) is 11.7 Å². The van der Waals surface area contributed by atoms with E-state index >= 15 is 0 Å². The molecule has 0 aliphatic heterocycles. The van der Waals surface area contributed by atoms with Crippen molar-refractivity contribution in [1.82, 2.24) is 0 Å². The Kier molecular flexibility index (Phi) is 5.32.